The van der Waals surface area contributed by atoms with Gasteiger partial charge in [0.1, 0.15) is 5.75 Å². The van der Waals surface area contributed by atoms with Crippen LogP contribution in [0.5, 0.6) is 5.75 Å². The molecule has 2 aliphatic rings. The van der Waals surface area contributed by atoms with Crippen molar-refractivity contribution in [2.45, 2.75) is 31.8 Å². The van der Waals surface area contributed by atoms with Crippen LogP contribution in [-0.2, 0) is 0 Å². The number of amides is 2. The zero-order valence-electron chi connectivity index (χ0n) is 15.4. The number of carbonyl (C=O) groups is 2. The van der Waals surface area contributed by atoms with E-state index in [1.165, 1.54) is 0 Å². The first-order chi connectivity index (χ1) is 13.2. The van der Waals surface area contributed by atoms with Gasteiger partial charge < -0.3 is 15.0 Å². The average Bonchev–Trinajstić information content (AvgIpc) is 3.29. The Morgan fingerprint density at radius 2 is 1.78 bits per heavy atom. The maximum absolute atomic E-state index is 13.0. The number of fused-ring (bicyclic) bond motifs is 2. The van der Waals surface area contributed by atoms with E-state index in [1.54, 1.807) is 0 Å². The van der Waals surface area contributed by atoms with Gasteiger partial charge in [-0.2, -0.15) is 0 Å². The summed E-state index contributed by atoms with van der Waals surface area (Å²) in [6.07, 6.45) is 1.90. The summed E-state index contributed by atoms with van der Waals surface area (Å²) in [5, 5.41) is 3.14. The van der Waals surface area contributed by atoms with E-state index in [2.05, 4.69) is 5.32 Å². The molecule has 3 unspecified atom stereocenters. The monoisotopic (exact) mass is 364 g/mol. The Balaban J connectivity index is 1.44. The van der Waals surface area contributed by atoms with E-state index < -0.39 is 0 Å². The quantitative estimate of drug-likeness (QED) is 0.887. The van der Waals surface area contributed by atoms with Crippen molar-refractivity contribution in [1.29, 1.82) is 0 Å². The second kappa shape index (κ2) is 7.43. The van der Waals surface area contributed by atoms with Gasteiger partial charge in [-0.3, -0.25) is 9.59 Å². The number of rotatable bonds is 5. The summed E-state index contributed by atoms with van der Waals surface area (Å²) in [5.74, 6) is 1.19. The number of carbonyl (C=O) groups excluding carboxylic acids is 2. The molecule has 1 saturated carbocycles. The molecule has 2 fully saturated rings. The van der Waals surface area contributed by atoms with Crippen LogP contribution in [0.3, 0.4) is 0 Å². The molecule has 27 heavy (non-hydrogen) atoms. The molecular formula is C22H24N2O3. The van der Waals surface area contributed by atoms with Crippen LogP contribution < -0.4 is 10.1 Å². The minimum absolute atomic E-state index is 0.0168. The minimum atomic E-state index is -0.0679. The highest BCUT2D eigenvalue weighted by Gasteiger charge is 2.47. The van der Waals surface area contributed by atoms with Gasteiger partial charge in [0.05, 0.1) is 12.6 Å². The number of nitrogens with zero attached hydrogens (tertiary/aromatic N) is 1. The van der Waals surface area contributed by atoms with Gasteiger partial charge in [-0.05, 0) is 62.1 Å². The van der Waals surface area contributed by atoms with Crippen LogP contribution in [0.15, 0.2) is 54.6 Å². The van der Waals surface area contributed by atoms with Crippen molar-refractivity contribution in [3.05, 3.63) is 65.7 Å². The molecule has 3 atom stereocenters. The molecule has 4 rings (SSSR count). The summed E-state index contributed by atoms with van der Waals surface area (Å²) < 4.78 is 5.45. The van der Waals surface area contributed by atoms with Crippen LogP contribution in [0.25, 0.3) is 0 Å². The van der Waals surface area contributed by atoms with Crippen molar-refractivity contribution in [2.75, 3.05) is 13.2 Å². The molecule has 5 nitrogen and oxygen atoms in total. The highest BCUT2D eigenvalue weighted by molar-refractivity contribution is 5.96. The molecule has 1 aliphatic carbocycles. The molecule has 5 heteroatoms. The van der Waals surface area contributed by atoms with Crippen molar-refractivity contribution in [3.8, 4) is 5.75 Å². The van der Waals surface area contributed by atoms with E-state index >= 15 is 0 Å². The van der Waals surface area contributed by atoms with Crippen LogP contribution in [0.1, 0.15) is 40.5 Å². The van der Waals surface area contributed by atoms with E-state index in [-0.39, 0.29) is 23.9 Å². The molecule has 2 amide bonds. The Bertz CT molecular complexity index is 819. The predicted molar refractivity (Wildman–Crippen MR) is 103 cm³/mol. The summed E-state index contributed by atoms with van der Waals surface area (Å²) in [5.41, 5.74) is 1.32. The third-order valence-electron chi connectivity index (χ3n) is 5.51. The Labute approximate surface area is 159 Å². The van der Waals surface area contributed by atoms with E-state index in [4.69, 9.17) is 4.74 Å². The Morgan fingerprint density at radius 3 is 2.44 bits per heavy atom. The van der Waals surface area contributed by atoms with Gasteiger partial charge in [-0.25, -0.2) is 0 Å². The molecule has 1 heterocycles. The SMILES string of the molecule is CCOc1ccc(C(=O)N2CC3CC(NC(=O)c4ccccc4)C2C3)cc1. The number of piperidine rings is 1. The Hall–Kier alpha value is -2.82. The van der Waals surface area contributed by atoms with Gasteiger partial charge in [0.25, 0.3) is 11.8 Å². The highest BCUT2D eigenvalue weighted by atomic mass is 16.5. The van der Waals surface area contributed by atoms with Crippen molar-refractivity contribution < 1.29 is 14.3 Å². The second-order valence-corrected chi connectivity index (χ2v) is 7.27. The molecular weight excluding hydrogens is 340 g/mol. The van der Waals surface area contributed by atoms with Crippen molar-refractivity contribution >= 4 is 11.8 Å². The van der Waals surface area contributed by atoms with Crippen LogP contribution in [-0.4, -0.2) is 41.9 Å². The first kappa shape index (κ1) is 17.6. The van der Waals surface area contributed by atoms with Gasteiger partial charge in [0.2, 0.25) is 0 Å². The fourth-order valence-corrected chi connectivity index (χ4v) is 4.28. The lowest BCUT2D eigenvalue weighted by Crippen LogP contribution is -2.51. The Kier molecular flexibility index (Phi) is 4.84. The summed E-state index contributed by atoms with van der Waals surface area (Å²) in [4.78, 5) is 27.4. The normalized spacial score (nSPS) is 23.3. The molecule has 0 spiro atoms. The lowest BCUT2D eigenvalue weighted by atomic mass is 10.0. The van der Waals surface area contributed by atoms with Gasteiger partial charge >= 0.3 is 0 Å². The molecule has 1 N–H and O–H groups in total. The average molecular weight is 364 g/mol. The van der Waals surface area contributed by atoms with E-state index in [0.29, 0.717) is 23.7 Å². The van der Waals surface area contributed by atoms with Crippen LogP contribution >= 0.6 is 0 Å². The lowest BCUT2D eigenvalue weighted by molar-refractivity contribution is 0.0648. The summed E-state index contributed by atoms with van der Waals surface area (Å²) in [6.45, 7) is 3.31. The number of hydrogen-bond acceptors (Lipinski definition) is 3. The zero-order chi connectivity index (χ0) is 18.8. The number of likely N-dealkylation sites (tertiary alicyclic amines) is 1. The number of hydrogen-bond donors (Lipinski definition) is 1. The maximum atomic E-state index is 13.0. The smallest absolute Gasteiger partial charge is 0.254 e. The molecule has 2 aromatic carbocycles. The molecule has 0 radical (unpaired) electrons. The number of benzene rings is 2. The second-order valence-electron chi connectivity index (χ2n) is 7.27. The first-order valence-corrected chi connectivity index (χ1v) is 9.55. The number of nitrogens with one attached hydrogen (secondary N) is 1. The highest BCUT2D eigenvalue weighted by Crippen LogP contribution is 2.38. The minimum Gasteiger partial charge on any atom is -0.494 e. The van der Waals surface area contributed by atoms with Crippen molar-refractivity contribution in [1.82, 2.24) is 10.2 Å². The lowest BCUT2D eigenvalue weighted by Gasteiger charge is -2.34. The van der Waals surface area contributed by atoms with E-state index in [0.717, 1.165) is 25.1 Å². The molecule has 1 saturated heterocycles. The van der Waals surface area contributed by atoms with E-state index in [9.17, 15) is 9.59 Å². The van der Waals surface area contributed by atoms with Crippen LogP contribution in [0.2, 0.25) is 0 Å². The summed E-state index contributed by atoms with van der Waals surface area (Å²) in [7, 11) is 0. The van der Waals surface area contributed by atoms with Crippen LogP contribution in [0, 0.1) is 5.92 Å². The van der Waals surface area contributed by atoms with Crippen LogP contribution in [0.4, 0.5) is 0 Å². The van der Waals surface area contributed by atoms with Gasteiger partial charge in [-0.1, -0.05) is 18.2 Å². The topological polar surface area (TPSA) is 58.6 Å². The predicted octanol–water partition coefficient (Wildman–Crippen LogP) is 3.12. The zero-order valence-corrected chi connectivity index (χ0v) is 15.4. The molecule has 2 aromatic rings. The van der Waals surface area contributed by atoms with Gasteiger partial charge in [-0.15, -0.1) is 0 Å². The maximum Gasteiger partial charge on any atom is 0.254 e. The fraction of sp³-hybridized carbons (Fsp3) is 0.364. The molecule has 0 aromatic heterocycles. The number of ether oxygens (including phenoxy) is 1. The summed E-state index contributed by atoms with van der Waals surface area (Å²) >= 11 is 0. The fourth-order valence-electron chi connectivity index (χ4n) is 4.28. The third-order valence-corrected chi connectivity index (χ3v) is 5.51. The molecule has 1 aliphatic heterocycles. The Morgan fingerprint density at radius 1 is 1.04 bits per heavy atom. The molecule has 2 bridgehead atoms. The third kappa shape index (κ3) is 3.54. The van der Waals surface area contributed by atoms with Gasteiger partial charge in [0.15, 0.2) is 0 Å². The standard InChI is InChI=1S/C22H24N2O3/c1-2-27-18-10-8-17(9-11-18)22(26)24-14-15-12-19(20(24)13-15)23-21(25)16-6-4-3-5-7-16/h3-11,15,19-20H,2,12-14H2,1H3,(H,23,25). The van der Waals surface area contributed by atoms with Crippen molar-refractivity contribution in [2.24, 2.45) is 5.92 Å². The first-order valence-electron chi connectivity index (χ1n) is 9.55. The van der Waals surface area contributed by atoms with Crippen molar-refractivity contribution in [3.63, 3.8) is 0 Å². The van der Waals surface area contributed by atoms with Gasteiger partial charge in [0, 0.05) is 23.7 Å². The van der Waals surface area contributed by atoms with E-state index in [1.807, 2.05) is 66.4 Å². The summed E-state index contributed by atoms with van der Waals surface area (Å²) in [6, 6.07) is 16.6. The largest absolute Gasteiger partial charge is 0.494 e. The molecule has 140 valence electrons.